The van der Waals surface area contributed by atoms with Crippen LogP contribution in [0.2, 0.25) is 0 Å². The van der Waals surface area contributed by atoms with Crippen LogP contribution < -0.4 is 10.1 Å². The van der Waals surface area contributed by atoms with Gasteiger partial charge in [-0.2, -0.15) is 0 Å². The molecule has 0 aliphatic carbocycles. The minimum atomic E-state index is 0.641. The molecule has 1 heterocycles. The quantitative estimate of drug-likeness (QED) is 0.800. The van der Waals surface area contributed by atoms with E-state index in [4.69, 9.17) is 4.74 Å². The van der Waals surface area contributed by atoms with Gasteiger partial charge in [-0.15, -0.1) is 0 Å². The third-order valence-electron chi connectivity index (χ3n) is 3.32. The summed E-state index contributed by atoms with van der Waals surface area (Å²) in [6.45, 7) is 4.54. The number of ether oxygens (including phenoxy) is 1. The molecule has 2 unspecified atom stereocenters. The molecule has 0 amide bonds. The van der Waals surface area contributed by atoms with Crippen molar-refractivity contribution in [3.8, 4) is 5.75 Å². The van der Waals surface area contributed by atoms with Gasteiger partial charge in [0.05, 0.1) is 7.11 Å². The molecule has 2 rings (SSSR count). The lowest BCUT2D eigenvalue weighted by molar-refractivity contribution is 0.334. The van der Waals surface area contributed by atoms with Gasteiger partial charge in [0.15, 0.2) is 0 Å². The van der Waals surface area contributed by atoms with Crippen LogP contribution in [-0.4, -0.2) is 20.2 Å². The third-order valence-corrected chi connectivity index (χ3v) is 3.32. The summed E-state index contributed by atoms with van der Waals surface area (Å²) in [6.07, 6.45) is 1.21. The van der Waals surface area contributed by atoms with Crippen LogP contribution >= 0.6 is 0 Å². The highest BCUT2D eigenvalue weighted by Crippen LogP contribution is 2.35. The second-order valence-electron chi connectivity index (χ2n) is 4.32. The number of methoxy groups -OCH3 is 1. The summed E-state index contributed by atoms with van der Waals surface area (Å²) >= 11 is 0. The summed E-state index contributed by atoms with van der Waals surface area (Å²) in [5.41, 5.74) is 1.37. The third kappa shape index (κ3) is 2.15. The van der Waals surface area contributed by atoms with Gasteiger partial charge in [0.2, 0.25) is 0 Å². The van der Waals surface area contributed by atoms with Crippen LogP contribution in [0.25, 0.3) is 0 Å². The molecule has 1 aliphatic heterocycles. The second kappa shape index (κ2) is 4.67. The molecule has 1 N–H and O–H groups in total. The normalized spacial score (nSPS) is 26.3. The molecule has 1 aliphatic rings. The molecule has 0 radical (unpaired) electrons. The van der Waals surface area contributed by atoms with Gasteiger partial charge in [-0.05, 0) is 43.0 Å². The molecule has 2 atom stereocenters. The Labute approximate surface area is 91.6 Å². The van der Waals surface area contributed by atoms with Crippen LogP contribution in [0, 0.1) is 5.92 Å². The van der Waals surface area contributed by atoms with Crippen LogP contribution in [-0.2, 0) is 0 Å². The van der Waals surface area contributed by atoms with E-state index in [1.807, 2.05) is 6.07 Å². The average Bonchev–Trinajstić information content (AvgIpc) is 2.30. The van der Waals surface area contributed by atoms with E-state index in [1.54, 1.807) is 7.11 Å². The lowest BCUT2D eigenvalue weighted by Gasteiger charge is -2.30. The fourth-order valence-corrected chi connectivity index (χ4v) is 2.45. The first-order valence-corrected chi connectivity index (χ1v) is 5.66. The first-order valence-electron chi connectivity index (χ1n) is 5.66. The van der Waals surface area contributed by atoms with Crippen LogP contribution in [0.4, 0.5) is 0 Å². The minimum absolute atomic E-state index is 0.641. The van der Waals surface area contributed by atoms with Gasteiger partial charge in [-0.1, -0.05) is 25.1 Å². The van der Waals surface area contributed by atoms with Gasteiger partial charge < -0.3 is 10.1 Å². The van der Waals surface area contributed by atoms with Gasteiger partial charge in [-0.3, -0.25) is 0 Å². The molecule has 82 valence electrons. The molecule has 0 bridgehead atoms. The number of hydrogen-bond donors (Lipinski definition) is 1. The largest absolute Gasteiger partial charge is 0.496 e. The van der Waals surface area contributed by atoms with E-state index in [2.05, 4.69) is 30.4 Å². The van der Waals surface area contributed by atoms with E-state index >= 15 is 0 Å². The number of piperidine rings is 1. The Morgan fingerprint density at radius 2 is 2.13 bits per heavy atom. The molecule has 0 saturated carbocycles. The van der Waals surface area contributed by atoms with Crippen molar-refractivity contribution in [3.05, 3.63) is 29.8 Å². The number of nitrogens with one attached hydrogen (secondary N) is 1. The summed E-state index contributed by atoms with van der Waals surface area (Å²) in [6, 6.07) is 8.40. The van der Waals surface area contributed by atoms with Crippen LogP contribution in [0.3, 0.4) is 0 Å². The maximum atomic E-state index is 5.43. The van der Waals surface area contributed by atoms with Crippen molar-refractivity contribution in [1.82, 2.24) is 5.32 Å². The Kier molecular flexibility index (Phi) is 3.27. The van der Waals surface area contributed by atoms with E-state index in [9.17, 15) is 0 Å². The van der Waals surface area contributed by atoms with E-state index in [-0.39, 0.29) is 0 Å². The van der Waals surface area contributed by atoms with Gasteiger partial charge in [-0.25, -0.2) is 0 Å². The summed E-state index contributed by atoms with van der Waals surface area (Å²) in [4.78, 5) is 0. The highest BCUT2D eigenvalue weighted by molar-refractivity contribution is 5.36. The molecular weight excluding hydrogens is 186 g/mol. The molecule has 0 spiro atoms. The number of para-hydroxylation sites is 1. The minimum Gasteiger partial charge on any atom is -0.496 e. The molecule has 1 aromatic rings. The lowest BCUT2D eigenvalue weighted by Crippen LogP contribution is -2.33. The summed E-state index contributed by atoms with van der Waals surface area (Å²) in [5, 5.41) is 3.43. The van der Waals surface area contributed by atoms with E-state index in [0.29, 0.717) is 11.8 Å². The Morgan fingerprint density at radius 3 is 2.87 bits per heavy atom. The van der Waals surface area contributed by atoms with Crippen molar-refractivity contribution in [3.63, 3.8) is 0 Å². The lowest BCUT2D eigenvalue weighted by atomic mass is 9.82. The van der Waals surface area contributed by atoms with Crippen molar-refractivity contribution in [2.24, 2.45) is 5.92 Å². The zero-order valence-corrected chi connectivity index (χ0v) is 9.49. The summed E-state index contributed by atoms with van der Waals surface area (Å²) < 4.78 is 5.43. The molecule has 0 aromatic heterocycles. The average molecular weight is 205 g/mol. The van der Waals surface area contributed by atoms with Gasteiger partial charge >= 0.3 is 0 Å². The maximum absolute atomic E-state index is 5.43. The highest BCUT2D eigenvalue weighted by Gasteiger charge is 2.24. The van der Waals surface area contributed by atoms with E-state index in [0.717, 1.165) is 18.8 Å². The summed E-state index contributed by atoms with van der Waals surface area (Å²) in [7, 11) is 1.75. The SMILES string of the molecule is COc1ccccc1C1CCNCC1C. The number of hydrogen-bond acceptors (Lipinski definition) is 2. The van der Waals surface area contributed by atoms with Gasteiger partial charge in [0.25, 0.3) is 0 Å². The molecule has 2 heteroatoms. The maximum Gasteiger partial charge on any atom is 0.122 e. The standard InChI is InChI=1S/C13H19NO/c1-10-9-14-8-7-11(10)12-5-3-4-6-13(12)15-2/h3-6,10-11,14H,7-9H2,1-2H3. The molecule has 1 aromatic carbocycles. The fourth-order valence-electron chi connectivity index (χ4n) is 2.45. The Morgan fingerprint density at radius 1 is 1.33 bits per heavy atom. The second-order valence-corrected chi connectivity index (χ2v) is 4.32. The van der Waals surface area contributed by atoms with Crippen molar-refractivity contribution in [2.45, 2.75) is 19.3 Å². The van der Waals surface area contributed by atoms with Gasteiger partial charge in [0.1, 0.15) is 5.75 Å². The first kappa shape index (κ1) is 10.5. The highest BCUT2D eigenvalue weighted by atomic mass is 16.5. The van der Waals surface area contributed by atoms with Crippen LogP contribution in [0.1, 0.15) is 24.8 Å². The molecule has 15 heavy (non-hydrogen) atoms. The molecular formula is C13H19NO. The predicted molar refractivity (Wildman–Crippen MR) is 62.4 cm³/mol. The monoisotopic (exact) mass is 205 g/mol. The molecule has 1 fully saturated rings. The topological polar surface area (TPSA) is 21.3 Å². The zero-order chi connectivity index (χ0) is 10.7. The van der Waals surface area contributed by atoms with Gasteiger partial charge in [0, 0.05) is 0 Å². The Balaban J connectivity index is 2.26. The molecule has 2 nitrogen and oxygen atoms in total. The first-order chi connectivity index (χ1) is 7.33. The summed E-state index contributed by atoms with van der Waals surface area (Å²) in [5.74, 6) is 2.37. The van der Waals surface area contributed by atoms with Crippen molar-refractivity contribution in [1.29, 1.82) is 0 Å². The van der Waals surface area contributed by atoms with Crippen molar-refractivity contribution >= 4 is 0 Å². The Hall–Kier alpha value is -1.02. The van der Waals surface area contributed by atoms with Crippen LogP contribution in [0.5, 0.6) is 5.75 Å². The van der Waals surface area contributed by atoms with E-state index in [1.165, 1.54) is 12.0 Å². The van der Waals surface area contributed by atoms with Crippen molar-refractivity contribution in [2.75, 3.05) is 20.2 Å². The number of benzene rings is 1. The van der Waals surface area contributed by atoms with E-state index < -0.39 is 0 Å². The smallest absolute Gasteiger partial charge is 0.122 e. The predicted octanol–water partition coefficient (Wildman–Crippen LogP) is 2.41. The Bertz CT molecular complexity index is 324. The number of rotatable bonds is 2. The molecule has 1 saturated heterocycles. The van der Waals surface area contributed by atoms with Crippen molar-refractivity contribution < 1.29 is 4.74 Å². The van der Waals surface area contributed by atoms with Crippen LogP contribution in [0.15, 0.2) is 24.3 Å². The fraction of sp³-hybridized carbons (Fsp3) is 0.538. The zero-order valence-electron chi connectivity index (χ0n) is 9.49.